The van der Waals surface area contributed by atoms with Gasteiger partial charge in [-0.25, -0.2) is 4.98 Å². The van der Waals surface area contributed by atoms with Crippen molar-refractivity contribution in [1.82, 2.24) is 19.7 Å². The quantitative estimate of drug-likeness (QED) is 0.888. The molecule has 0 aliphatic heterocycles. The van der Waals surface area contributed by atoms with E-state index in [-0.39, 0.29) is 11.6 Å². The van der Waals surface area contributed by atoms with Gasteiger partial charge in [-0.1, -0.05) is 6.92 Å². The van der Waals surface area contributed by atoms with Gasteiger partial charge < -0.3 is 10.6 Å². The summed E-state index contributed by atoms with van der Waals surface area (Å²) in [7, 11) is 6.25. The maximum absolute atomic E-state index is 6.57. The number of aromatic nitrogens is 3. The highest BCUT2D eigenvalue weighted by Crippen LogP contribution is 2.37. The molecule has 0 saturated heterocycles. The van der Waals surface area contributed by atoms with Crippen LogP contribution in [0.4, 0.5) is 0 Å². The Morgan fingerprint density at radius 2 is 2.11 bits per heavy atom. The third-order valence-corrected chi connectivity index (χ3v) is 4.93. The first-order chi connectivity index (χ1) is 8.95. The van der Waals surface area contributed by atoms with Gasteiger partial charge in [-0.05, 0) is 45.7 Å². The fourth-order valence-electron chi connectivity index (χ4n) is 3.30. The van der Waals surface area contributed by atoms with E-state index in [0.717, 1.165) is 18.2 Å². The van der Waals surface area contributed by atoms with Gasteiger partial charge in [0.15, 0.2) is 0 Å². The van der Waals surface area contributed by atoms with Crippen LogP contribution in [0.1, 0.15) is 38.4 Å². The van der Waals surface area contributed by atoms with Crippen molar-refractivity contribution in [2.75, 3.05) is 14.1 Å². The summed E-state index contributed by atoms with van der Waals surface area (Å²) in [5.74, 6) is 1.81. The average Bonchev–Trinajstić information content (AvgIpc) is 2.76. The van der Waals surface area contributed by atoms with Crippen LogP contribution in [0.15, 0.2) is 6.33 Å². The lowest BCUT2D eigenvalue weighted by atomic mass is 9.71. The minimum absolute atomic E-state index is 0.109. The van der Waals surface area contributed by atoms with Gasteiger partial charge in [0.1, 0.15) is 12.2 Å². The zero-order chi connectivity index (χ0) is 14.0. The summed E-state index contributed by atoms with van der Waals surface area (Å²) in [6.07, 6.45) is 7.30. The van der Waals surface area contributed by atoms with Gasteiger partial charge >= 0.3 is 0 Å². The number of rotatable bonds is 4. The van der Waals surface area contributed by atoms with Gasteiger partial charge in [-0.3, -0.25) is 4.68 Å². The lowest BCUT2D eigenvalue weighted by Crippen LogP contribution is -2.60. The molecule has 2 rings (SSSR count). The lowest BCUT2D eigenvalue weighted by Gasteiger charge is -2.48. The van der Waals surface area contributed by atoms with E-state index < -0.39 is 0 Å². The highest BCUT2D eigenvalue weighted by Gasteiger charge is 2.41. The van der Waals surface area contributed by atoms with E-state index in [1.807, 2.05) is 11.7 Å². The Labute approximate surface area is 116 Å². The fraction of sp³-hybridized carbons (Fsp3) is 0.857. The first kappa shape index (κ1) is 14.5. The van der Waals surface area contributed by atoms with E-state index in [1.54, 1.807) is 6.33 Å². The molecule has 1 aliphatic carbocycles. The van der Waals surface area contributed by atoms with Crippen molar-refractivity contribution < 1.29 is 0 Å². The van der Waals surface area contributed by atoms with Crippen LogP contribution in [-0.4, -0.2) is 45.3 Å². The minimum Gasteiger partial charge on any atom is -0.326 e. The Morgan fingerprint density at radius 3 is 2.58 bits per heavy atom. The molecular weight excluding hydrogens is 238 g/mol. The summed E-state index contributed by atoms with van der Waals surface area (Å²) in [4.78, 5) is 6.64. The molecule has 1 saturated carbocycles. The second kappa shape index (κ2) is 5.59. The highest BCUT2D eigenvalue weighted by molar-refractivity contribution is 5.04. The zero-order valence-electron chi connectivity index (χ0n) is 12.6. The van der Waals surface area contributed by atoms with Gasteiger partial charge in [0.05, 0.1) is 0 Å². The first-order valence-corrected chi connectivity index (χ1v) is 7.21. The van der Waals surface area contributed by atoms with Crippen LogP contribution >= 0.6 is 0 Å². The molecule has 1 heterocycles. The smallest absolute Gasteiger partial charge is 0.138 e. The Balaban J connectivity index is 2.13. The molecule has 1 fully saturated rings. The number of hydrogen-bond donors (Lipinski definition) is 1. The van der Waals surface area contributed by atoms with Crippen LogP contribution < -0.4 is 5.73 Å². The maximum Gasteiger partial charge on any atom is 0.138 e. The van der Waals surface area contributed by atoms with Gasteiger partial charge in [-0.15, -0.1) is 0 Å². The molecular formula is C14H27N5. The molecule has 0 bridgehead atoms. The van der Waals surface area contributed by atoms with E-state index in [2.05, 4.69) is 36.0 Å². The number of hydrogen-bond acceptors (Lipinski definition) is 4. The molecule has 1 atom stereocenters. The van der Waals surface area contributed by atoms with E-state index >= 15 is 0 Å². The van der Waals surface area contributed by atoms with E-state index in [1.165, 1.54) is 25.7 Å². The Morgan fingerprint density at radius 1 is 1.47 bits per heavy atom. The summed E-state index contributed by atoms with van der Waals surface area (Å²) in [6, 6.07) is 0.109. The van der Waals surface area contributed by atoms with Crippen LogP contribution in [0, 0.1) is 5.92 Å². The van der Waals surface area contributed by atoms with E-state index in [0.29, 0.717) is 0 Å². The highest BCUT2D eigenvalue weighted by atomic mass is 15.3. The summed E-state index contributed by atoms with van der Waals surface area (Å²) >= 11 is 0. The van der Waals surface area contributed by atoms with Crippen LogP contribution in [0.3, 0.4) is 0 Å². The molecule has 0 amide bonds. The van der Waals surface area contributed by atoms with Crippen molar-refractivity contribution in [2.24, 2.45) is 18.7 Å². The molecule has 108 valence electrons. The van der Waals surface area contributed by atoms with Crippen LogP contribution in [0.2, 0.25) is 0 Å². The number of nitrogens with zero attached hydrogens (tertiary/aromatic N) is 4. The van der Waals surface area contributed by atoms with Crippen LogP contribution in [0.5, 0.6) is 0 Å². The molecule has 1 unspecified atom stereocenters. The van der Waals surface area contributed by atoms with E-state index in [9.17, 15) is 0 Å². The Bertz CT molecular complexity index is 404. The molecule has 5 heteroatoms. The molecule has 0 radical (unpaired) electrons. The Kier molecular flexibility index (Phi) is 4.26. The van der Waals surface area contributed by atoms with Crippen LogP contribution in [-0.2, 0) is 13.5 Å². The van der Waals surface area contributed by atoms with Gasteiger partial charge in [0.2, 0.25) is 0 Å². The molecule has 1 aromatic heterocycles. The first-order valence-electron chi connectivity index (χ1n) is 7.21. The lowest BCUT2D eigenvalue weighted by molar-refractivity contribution is 0.0559. The predicted molar refractivity (Wildman–Crippen MR) is 76.7 cm³/mol. The van der Waals surface area contributed by atoms with Crippen LogP contribution in [0.25, 0.3) is 0 Å². The average molecular weight is 265 g/mol. The van der Waals surface area contributed by atoms with Crippen molar-refractivity contribution in [3.05, 3.63) is 12.2 Å². The number of nitrogens with two attached hydrogens (primary N) is 1. The van der Waals surface area contributed by atoms with Gasteiger partial charge in [0, 0.05) is 25.0 Å². The van der Waals surface area contributed by atoms with Crippen molar-refractivity contribution in [1.29, 1.82) is 0 Å². The van der Waals surface area contributed by atoms with E-state index in [4.69, 9.17) is 5.73 Å². The minimum atomic E-state index is 0.109. The molecule has 2 N–H and O–H groups in total. The SMILES string of the molecule is CC1CCC(C(N)Cc2ncnn2C)(N(C)C)CC1. The summed E-state index contributed by atoms with van der Waals surface area (Å²) in [5, 5.41) is 4.13. The maximum atomic E-state index is 6.57. The van der Waals surface area contributed by atoms with Crippen molar-refractivity contribution in [3.8, 4) is 0 Å². The monoisotopic (exact) mass is 265 g/mol. The van der Waals surface area contributed by atoms with Gasteiger partial charge in [-0.2, -0.15) is 5.10 Å². The number of aryl methyl sites for hydroxylation is 1. The third kappa shape index (κ3) is 2.82. The second-order valence-electron chi connectivity index (χ2n) is 6.29. The predicted octanol–water partition coefficient (Wildman–Crippen LogP) is 1.20. The molecule has 1 aliphatic rings. The standard InChI is InChI=1S/C14H27N5/c1-11-5-7-14(8-6-11,18(2)3)12(15)9-13-16-10-17-19(13)4/h10-12H,5-9,15H2,1-4H3. The molecule has 0 aromatic carbocycles. The second-order valence-corrected chi connectivity index (χ2v) is 6.29. The van der Waals surface area contributed by atoms with Crippen molar-refractivity contribution in [2.45, 2.75) is 50.6 Å². The summed E-state index contributed by atoms with van der Waals surface area (Å²) in [6.45, 7) is 2.34. The topological polar surface area (TPSA) is 60.0 Å². The summed E-state index contributed by atoms with van der Waals surface area (Å²) < 4.78 is 1.83. The normalized spacial score (nSPS) is 29.7. The molecule has 1 aromatic rings. The third-order valence-electron chi connectivity index (χ3n) is 4.93. The number of likely N-dealkylation sites (N-methyl/N-ethyl adjacent to an activating group) is 1. The largest absolute Gasteiger partial charge is 0.326 e. The molecule has 5 nitrogen and oxygen atoms in total. The molecule has 19 heavy (non-hydrogen) atoms. The van der Waals surface area contributed by atoms with Crippen molar-refractivity contribution in [3.63, 3.8) is 0 Å². The van der Waals surface area contributed by atoms with Gasteiger partial charge in [0.25, 0.3) is 0 Å². The fourth-order valence-corrected chi connectivity index (χ4v) is 3.30. The zero-order valence-corrected chi connectivity index (χ0v) is 12.6. The van der Waals surface area contributed by atoms with Crippen molar-refractivity contribution >= 4 is 0 Å². The summed E-state index contributed by atoms with van der Waals surface area (Å²) in [5.41, 5.74) is 6.68. The molecule has 0 spiro atoms. The Hall–Kier alpha value is -0.940.